The lowest BCUT2D eigenvalue weighted by Gasteiger charge is -2.24. The molecule has 0 fully saturated rings. The Morgan fingerprint density at radius 2 is 1.57 bits per heavy atom. The number of nitrogens with one attached hydrogen (secondary N) is 2. The topological polar surface area (TPSA) is 179 Å². The summed E-state index contributed by atoms with van der Waals surface area (Å²) in [6, 6.07) is 27.4. The number of fused-ring (bicyclic) bond motifs is 1. The van der Waals surface area contributed by atoms with Crippen LogP contribution in [0.5, 0.6) is 5.75 Å². The molecule has 6 aromatic rings. The van der Waals surface area contributed by atoms with E-state index in [-0.39, 0.29) is 17.7 Å². The highest BCUT2D eigenvalue weighted by Gasteiger charge is 2.30. The molecular weight excluding hydrogens is 578 g/mol. The van der Waals surface area contributed by atoms with Gasteiger partial charge < -0.3 is 26.9 Å². The minimum Gasteiger partial charge on any atom is -0.489 e. The number of anilines is 1. The molecule has 2 amide bonds. The van der Waals surface area contributed by atoms with E-state index in [9.17, 15) is 9.59 Å². The number of carbonyl (C=O) groups excluding carboxylic acids is 2. The molecule has 8 N–H and O–H groups in total. The Morgan fingerprint density at radius 3 is 2.27 bits per heavy atom. The van der Waals surface area contributed by atoms with E-state index in [2.05, 4.69) is 15.2 Å². The van der Waals surface area contributed by atoms with E-state index in [4.69, 9.17) is 38.5 Å². The zero-order valence-corrected chi connectivity index (χ0v) is 24.1. The quantitative estimate of drug-likeness (QED) is 0.141. The number of nitrogen functional groups attached to an aromatic ring is 1. The molecule has 220 valence electrons. The van der Waals surface area contributed by atoms with Crippen LogP contribution in [0.15, 0.2) is 91.0 Å². The van der Waals surface area contributed by atoms with Crippen molar-refractivity contribution in [2.24, 2.45) is 11.5 Å². The van der Waals surface area contributed by atoms with Crippen molar-refractivity contribution in [2.75, 3.05) is 5.73 Å². The molecule has 0 saturated carbocycles. The molecule has 2 aromatic heterocycles. The summed E-state index contributed by atoms with van der Waals surface area (Å²) in [7, 11) is 0. The van der Waals surface area contributed by atoms with Crippen LogP contribution < -0.4 is 21.9 Å². The van der Waals surface area contributed by atoms with Crippen LogP contribution in [0.4, 0.5) is 5.82 Å². The Balaban J connectivity index is 1.54. The summed E-state index contributed by atoms with van der Waals surface area (Å²) in [5.74, 6) is -0.514. The average Bonchev–Trinajstić information content (AvgIpc) is 3.60. The van der Waals surface area contributed by atoms with E-state index in [1.165, 1.54) is 12.1 Å². The lowest BCUT2D eigenvalue weighted by atomic mass is 9.82. The van der Waals surface area contributed by atoms with Crippen LogP contribution in [0.2, 0.25) is 5.15 Å². The monoisotopic (exact) mass is 605 g/mol. The second-order valence-electron chi connectivity index (χ2n) is 10.3. The molecular formula is C33H28ClN7O3. The van der Waals surface area contributed by atoms with Gasteiger partial charge in [0.15, 0.2) is 5.82 Å². The third-order valence-corrected chi connectivity index (χ3v) is 7.79. The van der Waals surface area contributed by atoms with Crippen LogP contribution in [-0.4, -0.2) is 32.0 Å². The Labute approximate surface area is 257 Å². The molecule has 0 bridgehead atoms. The molecule has 10 nitrogen and oxygen atoms in total. The summed E-state index contributed by atoms with van der Waals surface area (Å²) in [5.41, 5.74) is 22.0. The fraction of sp³-hybridized carbons (Fsp3) is 0.0909. The number of benzene rings is 4. The lowest BCUT2D eigenvalue weighted by molar-refractivity contribution is 0.0985. The number of hydrogen-bond donors (Lipinski definition) is 5. The first-order chi connectivity index (χ1) is 21.3. The predicted octanol–water partition coefficient (Wildman–Crippen LogP) is 5.34. The van der Waals surface area contributed by atoms with E-state index in [1.54, 1.807) is 12.1 Å². The maximum atomic E-state index is 12.9. The van der Waals surface area contributed by atoms with Crippen molar-refractivity contribution >= 4 is 40.1 Å². The number of aromatic amines is 2. The average molecular weight is 606 g/mol. The Kier molecular flexibility index (Phi) is 7.74. The zero-order valence-electron chi connectivity index (χ0n) is 23.4. The van der Waals surface area contributed by atoms with Gasteiger partial charge in [-0.05, 0) is 53.9 Å². The Bertz CT molecular complexity index is 1990. The van der Waals surface area contributed by atoms with E-state index in [0.29, 0.717) is 45.8 Å². The van der Waals surface area contributed by atoms with Crippen molar-refractivity contribution in [1.29, 1.82) is 0 Å². The van der Waals surface area contributed by atoms with Crippen molar-refractivity contribution in [2.45, 2.75) is 18.9 Å². The number of ether oxygens (including phenoxy) is 1. The van der Waals surface area contributed by atoms with E-state index in [0.717, 1.165) is 22.0 Å². The number of nitrogens with two attached hydrogens (primary N) is 3. The van der Waals surface area contributed by atoms with Gasteiger partial charge in [0, 0.05) is 33.6 Å². The fourth-order valence-electron chi connectivity index (χ4n) is 5.43. The fourth-order valence-corrected chi connectivity index (χ4v) is 5.68. The Morgan fingerprint density at radius 1 is 0.886 bits per heavy atom. The van der Waals surface area contributed by atoms with Gasteiger partial charge in [-0.1, -0.05) is 66.2 Å². The van der Waals surface area contributed by atoms with E-state index in [1.807, 2.05) is 66.7 Å². The molecule has 2 heterocycles. The summed E-state index contributed by atoms with van der Waals surface area (Å²) in [6.07, 6.45) is 0.390. The highest BCUT2D eigenvalue weighted by Crippen LogP contribution is 2.38. The number of halogens is 1. The van der Waals surface area contributed by atoms with Gasteiger partial charge in [0.2, 0.25) is 11.8 Å². The first kappa shape index (κ1) is 28.5. The summed E-state index contributed by atoms with van der Waals surface area (Å²) >= 11 is 6.78. The summed E-state index contributed by atoms with van der Waals surface area (Å²) in [5, 5.41) is 8.05. The molecule has 0 saturated heterocycles. The van der Waals surface area contributed by atoms with Crippen molar-refractivity contribution in [3.05, 3.63) is 130 Å². The summed E-state index contributed by atoms with van der Waals surface area (Å²) in [4.78, 5) is 33.8. The number of amides is 2. The van der Waals surface area contributed by atoms with Crippen molar-refractivity contribution in [3.8, 4) is 17.0 Å². The standard InChI is InChI=1S/C33H28ClN7O3/c34-29-28(19-11-12-22-26(16-19)40-41-30(22)35)38-33(39-29)24(15-18-7-3-1-4-8-18)27-23(32(37)43)14-13-21(31(36)42)25(27)17-44-20-9-5-2-6-10-20/h1-14,16,24H,15,17H2,(H2,36,42)(H2,37,43)(H,38,39)(H3,35,40,41)/t24-/m0/s1. The third kappa shape index (κ3) is 5.58. The smallest absolute Gasteiger partial charge is 0.249 e. The number of H-pyrrole nitrogens is 2. The summed E-state index contributed by atoms with van der Waals surface area (Å²) in [6.45, 7) is -0.0523. The molecule has 44 heavy (non-hydrogen) atoms. The molecule has 0 spiro atoms. The van der Waals surface area contributed by atoms with Crippen LogP contribution in [0.3, 0.4) is 0 Å². The molecule has 11 heteroatoms. The van der Waals surface area contributed by atoms with Gasteiger partial charge >= 0.3 is 0 Å². The van der Waals surface area contributed by atoms with Crippen LogP contribution in [0.25, 0.3) is 22.2 Å². The van der Waals surface area contributed by atoms with Crippen LogP contribution >= 0.6 is 11.6 Å². The number of hydrogen-bond acceptors (Lipinski definition) is 6. The van der Waals surface area contributed by atoms with Gasteiger partial charge in [-0.3, -0.25) is 14.7 Å². The highest BCUT2D eigenvalue weighted by atomic mass is 35.5. The van der Waals surface area contributed by atoms with Gasteiger partial charge in [-0.15, -0.1) is 0 Å². The third-order valence-electron chi connectivity index (χ3n) is 7.52. The number of nitrogens with zero attached hydrogens (tertiary/aromatic N) is 2. The van der Waals surface area contributed by atoms with Crippen LogP contribution in [-0.2, 0) is 13.0 Å². The molecule has 0 aliphatic carbocycles. The first-order valence-corrected chi connectivity index (χ1v) is 14.1. The number of primary amides is 2. The maximum absolute atomic E-state index is 12.9. The maximum Gasteiger partial charge on any atom is 0.249 e. The minimum absolute atomic E-state index is 0.0523. The molecule has 1 atom stereocenters. The number of aromatic nitrogens is 4. The van der Waals surface area contributed by atoms with Gasteiger partial charge in [0.25, 0.3) is 0 Å². The number of rotatable bonds is 10. The van der Waals surface area contributed by atoms with E-state index >= 15 is 0 Å². The largest absolute Gasteiger partial charge is 0.489 e. The molecule has 0 aliphatic heterocycles. The van der Waals surface area contributed by atoms with Crippen molar-refractivity contribution < 1.29 is 14.3 Å². The normalized spacial score (nSPS) is 11.8. The van der Waals surface area contributed by atoms with Crippen molar-refractivity contribution in [1.82, 2.24) is 20.2 Å². The minimum atomic E-state index is -0.671. The predicted molar refractivity (Wildman–Crippen MR) is 169 cm³/mol. The molecule has 0 aliphatic rings. The lowest BCUT2D eigenvalue weighted by Crippen LogP contribution is -2.24. The van der Waals surface area contributed by atoms with Gasteiger partial charge in [-0.2, -0.15) is 5.10 Å². The van der Waals surface area contributed by atoms with Gasteiger partial charge in [0.1, 0.15) is 29.0 Å². The van der Waals surface area contributed by atoms with Crippen LogP contribution in [0, 0.1) is 0 Å². The zero-order chi connectivity index (χ0) is 30.8. The van der Waals surface area contributed by atoms with Crippen LogP contribution in [0.1, 0.15) is 49.1 Å². The van der Waals surface area contributed by atoms with Crippen molar-refractivity contribution in [3.63, 3.8) is 0 Å². The summed E-state index contributed by atoms with van der Waals surface area (Å²) < 4.78 is 6.10. The van der Waals surface area contributed by atoms with Gasteiger partial charge in [-0.25, -0.2) is 4.98 Å². The molecule has 4 aromatic carbocycles. The number of carbonyl (C=O) groups is 2. The number of imidazole rings is 1. The Hall–Kier alpha value is -5.61. The van der Waals surface area contributed by atoms with Gasteiger partial charge in [0.05, 0.1) is 5.52 Å². The SMILES string of the molecule is NC(=O)c1ccc(C(N)=O)c([C@H](Cc2ccccc2)c2nc(-c3ccc4c(N)n[nH]c4c3)c(Cl)[nH]2)c1COc1ccccc1. The number of para-hydroxylation sites is 1. The molecule has 0 unspecified atom stereocenters. The highest BCUT2D eigenvalue weighted by molar-refractivity contribution is 6.32. The first-order valence-electron chi connectivity index (χ1n) is 13.8. The molecule has 6 rings (SSSR count). The second-order valence-corrected chi connectivity index (χ2v) is 10.7. The second kappa shape index (κ2) is 11.9. The molecule has 0 radical (unpaired) electrons. The van der Waals surface area contributed by atoms with E-state index < -0.39 is 17.7 Å².